The molecule has 4 unspecified atom stereocenters. The third-order valence-electron chi connectivity index (χ3n) is 7.92. The Bertz CT molecular complexity index is 424. The molecule has 0 N–H and O–H groups in total. The molecule has 216 valence electrons. The molecule has 0 saturated carbocycles. The van der Waals surface area contributed by atoms with Crippen LogP contribution in [0.4, 0.5) is 4.79 Å². The molecular formula is C33H66O3. The average Bonchev–Trinajstić information content (AvgIpc) is 2.85. The fraction of sp³-hybridized carbons (Fsp3) is 0.970. The molecule has 0 aliphatic rings. The van der Waals surface area contributed by atoms with E-state index in [-0.39, 0.29) is 12.2 Å². The van der Waals surface area contributed by atoms with Gasteiger partial charge < -0.3 is 9.47 Å². The number of hydrogen-bond donors (Lipinski definition) is 0. The van der Waals surface area contributed by atoms with Crippen molar-refractivity contribution < 1.29 is 14.3 Å². The lowest BCUT2D eigenvalue weighted by atomic mass is 9.90. The second-order valence-corrected chi connectivity index (χ2v) is 11.7. The van der Waals surface area contributed by atoms with Crippen molar-refractivity contribution in [3.8, 4) is 0 Å². The van der Waals surface area contributed by atoms with E-state index < -0.39 is 6.16 Å². The molecule has 3 heteroatoms. The zero-order valence-electron chi connectivity index (χ0n) is 25.6. The summed E-state index contributed by atoms with van der Waals surface area (Å²) in [5.74, 6) is 1.55. The number of carbonyl (C=O) groups excluding carboxylic acids is 1. The minimum Gasteiger partial charge on any atom is -0.431 e. The highest BCUT2D eigenvalue weighted by molar-refractivity contribution is 5.60. The van der Waals surface area contributed by atoms with Crippen molar-refractivity contribution in [2.45, 2.75) is 195 Å². The van der Waals surface area contributed by atoms with Gasteiger partial charge in [0.25, 0.3) is 0 Å². The summed E-state index contributed by atoms with van der Waals surface area (Å²) >= 11 is 0. The van der Waals surface area contributed by atoms with Gasteiger partial charge in [-0.2, -0.15) is 0 Å². The number of rotatable bonds is 26. The highest BCUT2D eigenvalue weighted by Crippen LogP contribution is 2.25. The Morgan fingerprint density at radius 2 is 0.750 bits per heavy atom. The Labute approximate surface area is 227 Å². The Morgan fingerprint density at radius 1 is 0.444 bits per heavy atom. The van der Waals surface area contributed by atoms with E-state index >= 15 is 0 Å². The van der Waals surface area contributed by atoms with Crippen LogP contribution >= 0.6 is 0 Å². The van der Waals surface area contributed by atoms with E-state index in [2.05, 4.69) is 27.7 Å². The zero-order chi connectivity index (χ0) is 26.9. The zero-order valence-corrected chi connectivity index (χ0v) is 25.6. The third kappa shape index (κ3) is 22.5. The highest BCUT2D eigenvalue weighted by Gasteiger charge is 2.18. The maximum Gasteiger partial charge on any atom is 0.508 e. The van der Waals surface area contributed by atoms with E-state index in [4.69, 9.17) is 9.47 Å². The maximum absolute atomic E-state index is 12.4. The van der Waals surface area contributed by atoms with Gasteiger partial charge in [-0.25, -0.2) is 4.79 Å². The first-order valence-corrected chi connectivity index (χ1v) is 16.3. The molecule has 0 amide bonds. The Balaban J connectivity index is 4.34. The first-order chi connectivity index (χ1) is 17.5. The average molecular weight is 511 g/mol. The lowest BCUT2D eigenvalue weighted by Gasteiger charge is -2.22. The summed E-state index contributed by atoms with van der Waals surface area (Å²) in [4.78, 5) is 12.4. The molecule has 0 spiro atoms. The fourth-order valence-corrected chi connectivity index (χ4v) is 5.37. The number of hydrogen-bond acceptors (Lipinski definition) is 3. The van der Waals surface area contributed by atoms with Crippen LogP contribution in [0.25, 0.3) is 0 Å². The van der Waals surface area contributed by atoms with Crippen molar-refractivity contribution in [2.24, 2.45) is 11.8 Å². The molecule has 0 aliphatic carbocycles. The quantitative estimate of drug-likeness (QED) is 0.0857. The summed E-state index contributed by atoms with van der Waals surface area (Å²) < 4.78 is 11.3. The lowest BCUT2D eigenvalue weighted by Crippen LogP contribution is -2.22. The van der Waals surface area contributed by atoms with Gasteiger partial charge in [-0.05, 0) is 51.4 Å². The van der Waals surface area contributed by atoms with Crippen LogP contribution in [0.3, 0.4) is 0 Å². The molecule has 0 radical (unpaired) electrons. The summed E-state index contributed by atoms with van der Waals surface area (Å²) in [5, 5.41) is 0. The lowest BCUT2D eigenvalue weighted by molar-refractivity contribution is 0.000574. The molecule has 3 nitrogen and oxygen atoms in total. The second kappa shape index (κ2) is 25.9. The van der Waals surface area contributed by atoms with Gasteiger partial charge in [-0.3, -0.25) is 0 Å². The van der Waals surface area contributed by atoms with Crippen LogP contribution in [0.2, 0.25) is 0 Å². The number of ether oxygens (including phenoxy) is 2. The van der Waals surface area contributed by atoms with Crippen molar-refractivity contribution in [3.63, 3.8) is 0 Å². The molecule has 4 atom stereocenters. The van der Waals surface area contributed by atoms with Crippen molar-refractivity contribution in [3.05, 3.63) is 0 Å². The van der Waals surface area contributed by atoms with Gasteiger partial charge in [0.1, 0.15) is 12.2 Å². The van der Waals surface area contributed by atoms with Gasteiger partial charge in [0.2, 0.25) is 0 Å². The minimum atomic E-state index is -0.467. The molecular weight excluding hydrogens is 444 g/mol. The number of unbranched alkanes of at least 4 members (excludes halogenated alkanes) is 10. The van der Waals surface area contributed by atoms with Crippen LogP contribution < -0.4 is 0 Å². The topological polar surface area (TPSA) is 35.5 Å². The van der Waals surface area contributed by atoms with Crippen LogP contribution in [-0.2, 0) is 9.47 Å². The summed E-state index contributed by atoms with van der Waals surface area (Å²) in [5.41, 5.74) is 0. The van der Waals surface area contributed by atoms with Gasteiger partial charge in [-0.15, -0.1) is 0 Å². The van der Waals surface area contributed by atoms with Crippen LogP contribution in [0.15, 0.2) is 0 Å². The molecule has 0 rings (SSSR count). The van der Waals surface area contributed by atoms with Crippen molar-refractivity contribution >= 4 is 6.16 Å². The summed E-state index contributed by atoms with van der Waals surface area (Å²) in [7, 11) is 0. The van der Waals surface area contributed by atoms with Crippen molar-refractivity contribution in [1.82, 2.24) is 0 Å². The molecule has 36 heavy (non-hydrogen) atoms. The van der Waals surface area contributed by atoms with Crippen molar-refractivity contribution in [1.29, 1.82) is 0 Å². The van der Waals surface area contributed by atoms with Gasteiger partial charge in [0.05, 0.1) is 0 Å². The Morgan fingerprint density at radius 3 is 1.08 bits per heavy atom. The molecule has 0 bridgehead atoms. The van der Waals surface area contributed by atoms with E-state index in [1.807, 2.05) is 13.8 Å². The smallest absolute Gasteiger partial charge is 0.431 e. The van der Waals surface area contributed by atoms with Crippen molar-refractivity contribution in [2.75, 3.05) is 0 Å². The largest absolute Gasteiger partial charge is 0.508 e. The first kappa shape index (κ1) is 35.3. The van der Waals surface area contributed by atoms with Gasteiger partial charge in [-0.1, -0.05) is 143 Å². The SMILES string of the molecule is CCCCCCC(CCCCC)CCC(C)OC(=O)OC(C)CCC(CCCCC)CCCCCC. The minimum absolute atomic E-state index is 0.0608. The second-order valence-electron chi connectivity index (χ2n) is 11.7. The van der Waals surface area contributed by atoms with Crippen LogP contribution in [-0.4, -0.2) is 18.4 Å². The van der Waals surface area contributed by atoms with E-state index in [1.165, 1.54) is 116 Å². The summed E-state index contributed by atoms with van der Waals surface area (Å²) in [6.07, 6.45) is 27.5. The summed E-state index contributed by atoms with van der Waals surface area (Å²) in [6, 6.07) is 0. The standard InChI is InChI=1S/C33H66O3/c1-7-11-15-19-23-31(21-17-13-9-3)27-25-29(5)35-33(34)36-30(6)26-28-32(22-18-14-10-4)24-20-16-12-8-2/h29-32H,7-28H2,1-6H3. The molecule has 0 saturated heterocycles. The van der Waals surface area contributed by atoms with E-state index in [0.29, 0.717) is 0 Å². The van der Waals surface area contributed by atoms with Gasteiger partial charge in [0, 0.05) is 0 Å². The predicted octanol–water partition coefficient (Wildman–Crippen LogP) is 11.8. The predicted molar refractivity (Wildman–Crippen MR) is 158 cm³/mol. The molecule has 0 aromatic heterocycles. The Hall–Kier alpha value is -0.730. The van der Waals surface area contributed by atoms with Crippen LogP contribution in [0, 0.1) is 11.8 Å². The summed E-state index contributed by atoms with van der Waals surface area (Å²) in [6.45, 7) is 13.2. The maximum atomic E-state index is 12.4. The van der Waals surface area contributed by atoms with Crippen LogP contribution in [0.1, 0.15) is 183 Å². The van der Waals surface area contributed by atoms with E-state index in [9.17, 15) is 4.79 Å². The van der Waals surface area contributed by atoms with Gasteiger partial charge in [0.15, 0.2) is 0 Å². The molecule has 0 fully saturated rings. The molecule has 0 aromatic rings. The number of carbonyl (C=O) groups is 1. The molecule has 0 heterocycles. The third-order valence-corrected chi connectivity index (χ3v) is 7.92. The Kier molecular flexibility index (Phi) is 25.4. The normalized spacial score (nSPS) is 14.8. The van der Waals surface area contributed by atoms with E-state index in [0.717, 1.165) is 37.5 Å². The van der Waals surface area contributed by atoms with Crippen LogP contribution in [0.5, 0.6) is 0 Å². The van der Waals surface area contributed by atoms with E-state index in [1.54, 1.807) is 0 Å². The fourth-order valence-electron chi connectivity index (χ4n) is 5.37. The first-order valence-electron chi connectivity index (χ1n) is 16.3. The molecule has 0 aliphatic heterocycles. The molecule has 0 aromatic carbocycles. The highest BCUT2D eigenvalue weighted by atomic mass is 16.7. The monoisotopic (exact) mass is 511 g/mol. The van der Waals surface area contributed by atoms with Gasteiger partial charge >= 0.3 is 6.16 Å².